The molecule has 6 nitrogen and oxygen atoms in total. The number of aldehydes is 1. The van der Waals surface area contributed by atoms with Crippen LogP contribution in [0.25, 0.3) is 11.3 Å². The van der Waals surface area contributed by atoms with E-state index in [4.69, 9.17) is 0 Å². The smallest absolute Gasteiger partial charge is 0.184 e. The molecule has 0 aromatic carbocycles. The summed E-state index contributed by atoms with van der Waals surface area (Å²) in [6.07, 6.45) is 2.58. The standard InChI is InChI=1S/C15H18N4O.CH5N/c1-10-6-18(7-11(10)2)12(3)15-17-16-14-5-4-13(9-20)8-19(14)15;1-2/h4-5,8-11H,3,6-7H2,1-2H3;2H2,1H3/t10-,11?;/m0./s1. The van der Waals surface area contributed by atoms with E-state index in [1.807, 2.05) is 4.40 Å². The predicted octanol–water partition coefficient (Wildman–Crippen LogP) is 1.68. The topological polar surface area (TPSA) is 76.5 Å². The van der Waals surface area contributed by atoms with Crippen molar-refractivity contribution in [2.75, 3.05) is 20.1 Å². The largest absolute Gasteiger partial charge is 0.368 e. The molecule has 1 unspecified atom stereocenters. The van der Waals surface area contributed by atoms with E-state index in [1.165, 1.54) is 7.05 Å². The van der Waals surface area contributed by atoms with E-state index in [1.54, 1.807) is 18.3 Å². The average molecular weight is 301 g/mol. The normalized spacial score (nSPS) is 20.6. The maximum atomic E-state index is 10.9. The van der Waals surface area contributed by atoms with Crippen LogP contribution in [0, 0.1) is 11.8 Å². The van der Waals surface area contributed by atoms with Gasteiger partial charge in [-0.25, -0.2) is 0 Å². The Labute approximate surface area is 130 Å². The van der Waals surface area contributed by atoms with Gasteiger partial charge in [-0.15, -0.1) is 10.2 Å². The van der Waals surface area contributed by atoms with Crippen LogP contribution in [0.1, 0.15) is 30.0 Å². The molecular formula is C16H23N5O. The van der Waals surface area contributed by atoms with E-state index in [-0.39, 0.29) is 0 Å². The molecule has 2 N–H and O–H groups in total. The van der Waals surface area contributed by atoms with Crippen molar-refractivity contribution in [2.45, 2.75) is 13.8 Å². The number of likely N-dealkylation sites (tertiary alicyclic amines) is 1. The summed E-state index contributed by atoms with van der Waals surface area (Å²) >= 11 is 0. The minimum atomic E-state index is 0.606. The first-order valence-electron chi connectivity index (χ1n) is 7.42. The van der Waals surface area contributed by atoms with Gasteiger partial charge in [0.2, 0.25) is 0 Å². The zero-order valence-electron chi connectivity index (χ0n) is 13.4. The summed E-state index contributed by atoms with van der Waals surface area (Å²) in [6.45, 7) is 10.7. The Kier molecular flexibility index (Phi) is 4.92. The molecule has 6 heteroatoms. The van der Waals surface area contributed by atoms with Crippen molar-refractivity contribution >= 4 is 17.6 Å². The minimum Gasteiger partial charge on any atom is -0.368 e. The molecule has 1 aliphatic heterocycles. The van der Waals surface area contributed by atoms with Crippen LogP contribution in [-0.2, 0) is 0 Å². The second-order valence-corrected chi connectivity index (χ2v) is 5.64. The summed E-state index contributed by atoms with van der Waals surface area (Å²) in [5.41, 5.74) is 6.71. The zero-order valence-corrected chi connectivity index (χ0v) is 13.4. The van der Waals surface area contributed by atoms with Crippen LogP contribution in [0.3, 0.4) is 0 Å². The number of hydrogen-bond acceptors (Lipinski definition) is 5. The van der Waals surface area contributed by atoms with Crippen molar-refractivity contribution in [2.24, 2.45) is 17.6 Å². The predicted molar refractivity (Wildman–Crippen MR) is 87.4 cm³/mol. The minimum absolute atomic E-state index is 0.606. The van der Waals surface area contributed by atoms with Gasteiger partial charge in [-0.3, -0.25) is 9.20 Å². The third kappa shape index (κ3) is 2.87. The van der Waals surface area contributed by atoms with E-state index < -0.39 is 0 Å². The van der Waals surface area contributed by atoms with E-state index >= 15 is 0 Å². The molecule has 1 saturated heterocycles. The van der Waals surface area contributed by atoms with Crippen LogP contribution < -0.4 is 5.73 Å². The van der Waals surface area contributed by atoms with Crippen molar-refractivity contribution in [1.29, 1.82) is 0 Å². The number of carbonyl (C=O) groups excluding carboxylic acids is 1. The molecule has 118 valence electrons. The molecule has 1 fully saturated rings. The summed E-state index contributed by atoms with van der Waals surface area (Å²) in [7, 11) is 1.50. The Morgan fingerprint density at radius 2 is 1.91 bits per heavy atom. The lowest BCUT2D eigenvalue weighted by Crippen LogP contribution is -2.20. The summed E-state index contributed by atoms with van der Waals surface area (Å²) in [4.78, 5) is 13.2. The van der Waals surface area contributed by atoms with Crippen LogP contribution in [0.2, 0.25) is 0 Å². The average Bonchev–Trinajstić information content (AvgIpc) is 3.12. The Morgan fingerprint density at radius 1 is 1.27 bits per heavy atom. The Hall–Kier alpha value is -2.21. The highest BCUT2D eigenvalue weighted by atomic mass is 16.1. The Balaban J connectivity index is 0.000000847. The van der Waals surface area contributed by atoms with Gasteiger partial charge in [0, 0.05) is 24.8 Å². The molecule has 0 amide bonds. The molecule has 0 spiro atoms. The summed E-state index contributed by atoms with van der Waals surface area (Å²) < 4.78 is 1.83. The number of pyridine rings is 1. The molecule has 0 radical (unpaired) electrons. The number of carbonyl (C=O) groups is 1. The molecule has 3 heterocycles. The van der Waals surface area contributed by atoms with E-state index in [0.29, 0.717) is 23.2 Å². The molecule has 0 bridgehead atoms. The van der Waals surface area contributed by atoms with Gasteiger partial charge >= 0.3 is 0 Å². The third-order valence-corrected chi connectivity index (χ3v) is 4.19. The zero-order chi connectivity index (χ0) is 16.3. The van der Waals surface area contributed by atoms with Crippen molar-refractivity contribution in [3.05, 3.63) is 36.3 Å². The second kappa shape index (κ2) is 6.70. The molecule has 2 atom stereocenters. The van der Waals surface area contributed by atoms with Crippen LogP contribution in [0.5, 0.6) is 0 Å². The number of nitrogens with two attached hydrogens (primary N) is 1. The lowest BCUT2D eigenvalue weighted by atomic mass is 10.0. The molecule has 22 heavy (non-hydrogen) atoms. The number of fused-ring (bicyclic) bond motifs is 1. The summed E-state index contributed by atoms with van der Waals surface area (Å²) in [5.74, 6) is 2.01. The van der Waals surface area contributed by atoms with Gasteiger partial charge in [-0.05, 0) is 31.0 Å². The number of aromatic nitrogens is 3. The first-order valence-corrected chi connectivity index (χ1v) is 7.42. The van der Waals surface area contributed by atoms with Crippen LogP contribution in [-0.4, -0.2) is 45.9 Å². The van der Waals surface area contributed by atoms with Crippen LogP contribution >= 0.6 is 0 Å². The van der Waals surface area contributed by atoms with Gasteiger partial charge in [-0.2, -0.15) is 0 Å². The molecule has 1 aliphatic rings. The lowest BCUT2D eigenvalue weighted by Gasteiger charge is -2.19. The second-order valence-electron chi connectivity index (χ2n) is 5.64. The molecule has 2 aromatic heterocycles. The van der Waals surface area contributed by atoms with Crippen molar-refractivity contribution in [1.82, 2.24) is 19.5 Å². The Morgan fingerprint density at radius 3 is 2.50 bits per heavy atom. The van der Waals surface area contributed by atoms with Gasteiger partial charge in [0.25, 0.3) is 0 Å². The summed E-state index contributed by atoms with van der Waals surface area (Å²) in [6, 6.07) is 3.53. The highest BCUT2D eigenvalue weighted by Gasteiger charge is 2.28. The quantitative estimate of drug-likeness (QED) is 0.873. The lowest BCUT2D eigenvalue weighted by molar-refractivity contribution is 0.112. The fraction of sp³-hybridized carbons (Fsp3) is 0.438. The van der Waals surface area contributed by atoms with Gasteiger partial charge in [0.05, 0.1) is 5.70 Å². The fourth-order valence-electron chi connectivity index (χ4n) is 2.67. The van der Waals surface area contributed by atoms with Gasteiger partial charge in [0.1, 0.15) is 0 Å². The number of hydrogen-bond donors (Lipinski definition) is 1. The highest BCUT2D eigenvalue weighted by molar-refractivity contribution is 5.75. The number of rotatable bonds is 3. The van der Waals surface area contributed by atoms with Crippen LogP contribution in [0.15, 0.2) is 24.9 Å². The SMILES string of the molecule is C=C(c1nnc2ccc(C=O)cn12)N1CC(C)[C@@H](C)C1.CN. The molecule has 2 aromatic rings. The molecular weight excluding hydrogens is 278 g/mol. The Bertz CT molecular complexity index is 668. The van der Waals surface area contributed by atoms with Gasteiger partial charge in [-0.1, -0.05) is 20.4 Å². The van der Waals surface area contributed by atoms with Crippen LogP contribution in [0.4, 0.5) is 0 Å². The first kappa shape index (κ1) is 16.2. The van der Waals surface area contributed by atoms with Crippen molar-refractivity contribution in [3.63, 3.8) is 0 Å². The number of nitrogens with zero attached hydrogens (tertiary/aromatic N) is 4. The van der Waals surface area contributed by atoms with Crippen molar-refractivity contribution in [3.8, 4) is 0 Å². The molecule has 0 saturated carbocycles. The highest BCUT2D eigenvalue weighted by Crippen LogP contribution is 2.28. The van der Waals surface area contributed by atoms with E-state index in [9.17, 15) is 4.79 Å². The summed E-state index contributed by atoms with van der Waals surface area (Å²) in [5, 5.41) is 8.36. The van der Waals surface area contributed by atoms with E-state index in [0.717, 1.165) is 30.7 Å². The first-order chi connectivity index (χ1) is 10.6. The molecule has 3 rings (SSSR count). The molecule has 0 aliphatic carbocycles. The monoisotopic (exact) mass is 301 g/mol. The van der Waals surface area contributed by atoms with Gasteiger partial charge in [0.15, 0.2) is 17.8 Å². The van der Waals surface area contributed by atoms with E-state index in [2.05, 4.69) is 41.3 Å². The van der Waals surface area contributed by atoms with Gasteiger partial charge < -0.3 is 10.6 Å². The fourth-order valence-corrected chi connectivity index (χ4v) is 2.67. The van der Waals surface area contributed by atoms with Crippen molar-refractivity contribution < 1.29 is 4.79 Å². The maximum absolute atomic E-state index is 10.9. The third-order valence-electron chi connectivity index (χ3n) is 4.19. The maximum Gasteiger partial charge on any atom is 0.184 e.